The van der Waals surface area contributed by atoms with Crippen LogP contribution in [-0.2, 0) is 9.59 Å². The van der Waals surface area contributed by atoms with E-state index in [4.69, 9.17) is 0 Å². The number of nitrogens with zero attached hydrogens (tertiary/aromatic N) is 1. The average Bonchev–Trinajstić information content (AvgIpc) is 3.33. The predicted molar refractivity (Wildman–Crippen MR) is 91.0 cm³/mol. The van der Waals surface area contributed by atoms with Crippen LogP contribution in [0, 0.1) is 49.4 Å². The molecule has 5 aliphatic rings. The van der Waals surface area contributed by atoms with Crippen LogP contribution < -0.4 is 5.32 Å². The zero-order chi connectivity index (χ0) is 16.6. The van der Waals surface area contributed by atoms with Gasteiger partial charge in [-0.1, -0.05) is 29.8 Å². The molecule has 124 valence electrons. The van der Waals surface area contributed by atoms with E-state index in [1.54, 1.807) is 0 Å². The van der Waals surface area contributed by atoms with Gasteiger partial charge in [-0.15, -0.1) is 0 Å². The minimum atomic E-state index is -0.0998. The summed E-state index contributed by atoms with van der Waals surface area (Å²) in [5.41, 5.74) is 3.33. The predicted octanol–water partition coefficient (Wildman–Crippen LogP) is 2.73. The van der Waals surface area contributed by atoms with Crippen LogP contribution in [0.25, 0.3) is 0 Å². The van der Waals surface area contributed by atoms with Gasteiger partial charge in [-0.05, 0) is 55.6 Å². The van der Waals surface area contributed by atoms with Crippen LogP contribution >= 0.6 is 0 Å². The molecule has 4 nitrogen and oxygen atoms in total. The van der Waals surface area contributed by atoms with Crippen LogP contribution in [0.4, 0.5) is 5.69 Å². The van der Waals surface area contributed by atoms with Crippen molar-refractivity contribution in [3.63, 3.8) is 0 Å². The number of hydrogen-bond acceptors (Lipinski definition) is 3. The van der Waals surface area contributed by atoms with Gasteiger partial charge in [0.25, 0.3) is 0 Å². The van der Waals surface area contributed by atoms with Crippen LogP contribution in [-0.4, -0.2) is 23.4 Å². The van der Waals surface area contributed by atoms with Crippen LogP contribution in [0.15, 0.2) is 30.4 Å². The molecule has 2 bridgehead atoms. The fourth-order valence-electron chi connectivity index (χ4n) is 5.35. The molecule has 2 saturated carbocycles. The van der Waals surface area contributed by atoms with E-state index in [0.29, 0.717) is 23.7 Å². The van der Waals surface area contributed by atoms with Crippen molar-refractivity contribution in [1.82, 2.24) is 4.90 Å². The van der Waals surface area contributed by atoms with Gasteiger partial charge in [-0.3, -0.25) is 14.5 Å². The smallest absolute Gasteiger partial charge is 0.235 e. The molecule has 0 aromatic heterocycles. The molecular formula is C20H22N2O2. The Labute approximate surface area is 141 Å². The Bertz CT molecular complexity index is 748. The second-order valence-corrected chi connectivity index (χ2v) is 7.91. The molecule has 1 heterocycles. The molecule has 3 fully saturated rings. The number of amides is 2. The molecule has 0 unspecified atom stereocenters. The van der Waals surface area contributed by atoms with Crippen molar-refractivity contribution in [1.29, 1.82) is 0 Å². The highest BCUT2D eigenvalue weighted by Gasteiger charge is 2.66. The lowest BCUT2D eigenvalue weighted by Gasteiger charge is -2.37. The zero-order valence-corrected chi connectivity index (χ0v) is 14.0. The van der Waals surface area contributed by atoms with Crippen molar-refractivity contribution in [2.75, 3.05) is 12.0 Å². The molecular weight excluding hydrogens is 300 g/mol. The summed E-state index contributed by atoms with van der Waals surface area (Å²) >= 11 is 0. The maximum absolute atomic E-state index is 12.9. The van der Waals surface area contributed by atoms with E-state index in [0.717, 1.165) is 11.3 Å². The highest BCUT2D eigenvalue weighted by atomic mass is 16.2. The van der Waals surface area contributed by atoms with Crippen LogP contribution in [0.5, 0.6) is 0 Å². The number of hydrogen-bond donors (Lipinski definition) is 1. The lowest BCUT2D eigenvalue weighted by Crippen LogP contribution is -2.40. The SMILES string of the molecule is Cc1ccc(NCN2C(=O)[C@H]3[C@@H]4C=C[C@@H]([C@H]5C[C@H]45)[C@@H]3C2=O)c(C)c1. The van der Waals surface area contributed by atoms with Gasteiger partial charge in [0.05, 0.1) is 18.5 Å². The van der Waals surface area contributed by atoms with E-state index in [2.05, 4.69) is 30.5 Å². The van der Waals surface area contributed by atoms with E-state index < -0.39 is 0 Å². The van der Waals surface area contributed by atoms with Crippen LogP contribution in [0.3, 0.4) is 0 Å². The van der Waals surface area contributed by atoms with Gasteiger partial charge in [0.1, 0.15) is 0 Å². The number of benzene rings is 1. The van der Waals surface area contributed by atoms with E-state index in [-0.39, 0.29) is 30.3 Å². The monoisotopic (exact) mass is 322 g/mol. The maximum atomic E-state index is 12.9. The van der Waals surface area contributed by atoms with E-state index in [1.165, 1.54) is 16.9 Å². The van der Waals surface area contributed by atoms with Gasteiger partial charge in [0, 0.05) is 5.69 Å². The van der Waals surface area contributed by atoms with Crippen molar-refractivity contribution in [2.45, 2.75) is 20.3 Å². The lowest BCUT2D eigenvalue weighted by atomic mass is 9.63. The van der Waals surface area contributed by atoms with E-state index in [9.17, 15) is 9.59 Å². The molecule has 1 saturated heterocycles. The largest absolute Gasteiger partial charge is 0.367 e. The summed E-state index contributed by atoms with van der Waals surface area (Å²) in [6, 6.07) is 6.16. The Balaban J connectivity index is 1.37. The minimum absolute atomic E-state index is 0.0342. The Kier molecular flexibility index (Phi) is 2.80. The highest BCUT2D eigenvalue weighted by molar-refractivity contribution is 6.06. The molecule has 6 rings (SSSR count). The number of rotatable bonds is 3. The fourth-order valence-corrected chi connectivity index (χ4v) is 5.35. The summed E-state index contributed by atoms with van der Waals surface area (Å²) in [5, 5.41) is 3.29. The van der Waals surface area contributed by atoms with E-state index in [1.807, 2.05) is 19.1 Å². The Hall–Kier alpha value is -2.10. The number of aryl methyl sites for hydroxylation is 2. The van der Waals surface area contributed by atoms with Crippen molar-refractivity contribution < 1.29 is 9.59 Å². The molecule has 1 aliphatic heterocycles. The van der Waals surface area contributed by atoms with Gasteiger partial charge in [-0.25, -0.2) is 0 Å². The van der Waals surface area contributed by atoms with Crippen molar-refractivity contribution in [3.8, 4) is 0 Å². The number of carbonyl (C=O) groups excluding carboxylic acids is 2. The first kappa shape index (κ1) is 14.3. The van der Waals surface area contributed by atoms with Crippen molar-refractivity contribution >= 4 is 17.5 Å². The van der Waals surface area contributed by atoms with Gasteiger partial charge in [0.15, 0.2) is 0 Å². The summed E-state index contributed by atoms with van der Waals surface area (Å²) in [6.45, 7) is 4.38. The van der Waals surface area contributed by atoms with Gasteiger partial charge < -0.3 is 5.32 Å². The third kappa shape index (κ3) is 1.80. The molecule has 2 amide bonds. The molecule has 0 spiro atoms. The molecule has 0 radical (unpaired) electrons. The maximum Gasteiger partial charge on any atom is 0.235 e. The first-order valence-electron chi connectivity index (χ1n) is 8.91. The molecule has 24 heavy (non-hydrogen) atoms. The normalized spacial score (nSPS) is 38.3. The second-order valence-electron chi connectivity index (χ2n) is 7.91. The topological polar surface area (TPSA) is 49.4 Å². The number of anilines is 1. The Morgan fingerprint density at radius 1 is 1.04 bits per heavy atom. The molecule has 4 aliphatic carbocycles. The number of imide groups is 1. The van der Waals surface area contributed by atoms with Gasteiger partial charge >= 0.3 is 0 Å². The van der Waals surface area contributed by atoms with Crippen LogP contribution in [0.1, 0.15) is 17.5 Å². The van der Waals surface area contributed by atoms with Crippen molar-refractivity contribution in [2.24, 2.45) is 35.5 Å². The van der Waals surface area contributed by atoms with Gasteiger partial charge in [-0.2, -0.15) is 0 Å². The standard InChI is InChI=1S/C20H22N2O2/c1-10-3-6-16(11(2)7-10)21-9-22-19(23)17-12-4-5-13(15-8-14(12)15)18(17)20(22)24/h3-7,12-15,17-18,21H,8-9H2,1-2H3/t12-,13+,14-,15-,17+,18+/m1/s1. The fraction of sp³-hybridized carbons (Fsp3) is 0.500. The number of carbonyl (C=O) groups is 2. The van der Waals surface area contributed by atoms with Crippen LogP contribution in [0.2, 0.25) is 0 Å². The summed E-state index contributed by atoms with van der Waals surface area (Å²) in [4.78, 5) is 27.3. The first-order chi connectivity index (χ1) is 11.6. The van der Waals surface area contributed by atoms with Crippen molar-refractivity contribution in [3.05, 3.63) is 41.5 Å². The number of likely N-dealkylation sites (tertiary alicyclic amines) is 1. The molecule has 6 atom stereocenters. The summed E-state index contributed by atoms with van der Waals surface area (Å²) < 4.78 is 0. The van der Waals surface area contributed by atoms with Gasteiger partial charge in [0.2, 0.25) is 11.8 Å². The summed E-state index contributed by atoms with van der Waals surface area (Å²) in [7, 11) is 0. The molecule has 4 heteroatoms. The Morgan fingerprint density at radius 3 is 2.25 bits per heavy atom. The number of nitrogens with one attached hydrogen (secondary N) is 1. The second kappa shape index (κ2) is 4.71. The zero-order valence-electron chi connectivity index (χ0n) is 14.0. The summed E-state index contributed by atoms with van der Waals surface area (Å²) in [5.74, 6) is 1.78. The number of allylic oxidation sites excluding steroid dienone is 2. The summed E-state index contributed by atoms with van der Waals surface area (Å²) in [6.07, 6.45) is 5.63. The Morgan fingerprint density at radius 2 is 1.67 bits per heavy atom. The minimum Gasteiger partial charge on any atom is -0.367 e. The molecule has 1 aromatic rings. The van der Waals surface area contributed by atoms with E-state index >= 15 is 0 Å². The third-order valence-electron chi connectivity index (χ3n) is 6.56. The highest BCUT2D eigenvalue weighted by Crippen LogP contribution is 2.65. The molecule has 1 aromatic carbocycles. The first-order valence-corrected chi connectivity index (χ1v) is 8.91. The lowest BCUT2D eigenvalue weighted by molar-refractivity contribution is -0.139. The quantitative estimate of drug-likeness (QED) is 0.688. The third-order valence-corrected chi connectivity index (χ3v) is 6.56. The molecule has 1 N–H and O–H groups in total. The average molecular weight is 322 g/mol.